The third kappa shape index (κ3) is 4.38. The van der Waals surface area contributed by atoms with Gasteiger partial charge < -0.3 is 4.74 Å². The summed E-state index contributed by atoms with van der Waals surface area (Å²) in [5.74, 6) is 0.105. The summed E-state index contributed by atoms with van der Waals surface area (Å²) < 4.78 is 6.55. The number of ketones is 1. The van der Waals surface area contributed by atoms with Crippen molar-refractivity contribution in [2.75, 3.05) is 6.61 Å². The predicted molar refractivity (Wildman–Crippen MR) is 78.1 cm³/mol. The maximum Gasteiger partial charge on any atom is 0.166 e. The number of Topliss-reactive ketones (excluding diaryl/α,β-unsaturated/α-hetero) is 1. The lowest BCUT2D eigenvalue weighted by molar-refractivity contribution is -0.131. The van der Waals surface area contributed by atoms with Crippen LogP contribution in [0.5, 0.6) is 0 Å². The maximum absolute atomic E-state index is 12.1. The Morgan fingerprint density at radius 1 is 1.39 bits per heavy atom. The smallest absolute Gasteiger partial charge is 0.166 e. The maximum atomic E-state index is 12.1. The van der Waals surface area contributed by atoms with E-state index in [1.807, 2.05) is 19.9 Å². The van der Waals surface area contributed by atoms with Crippen LogP contribution in [-0.2, 0) is 9.53 Å². The van der Waals surface area contributed by atoms with Gasteiger partial charge >= 0.3 is 0 Å². The van der Waals surface area contributed by atoms with E-state index in [9.17, 15) is 4.79 Å². The molecular formula is C14H18BrClO2. The van der Waals surface area contributed by atoms with Crippen molar-refractivity contribution >= 4 is 33.3 Å². The Labute approximate surface area is 122 Å². The molecule has 0 saturated carbocycles. The van der Waals surface area contributed by atoms with E-state index in [1.54, 1.807) is 12.1 Å². The molecular weight excluding hydrogens is 316 g/mol. The molecule has 0 N–H and O–H groups in total. The summed E-state index contributed by atoms with van der Waals surface area (Å²) in [6.07, 6.45) is 1.71. The van der Waals surface area contributed by atoms with Crippen molar-refractivity contribution in [3.05, 3.63) is 33.3 Å². The van der Waals surface area contributed by atoms with Gasteiger partial charge in [-0.3, -0.25) is 4.79 Å². The van der Waals surface area contributed by atoms with Crippen LogP contribution in [0.1, 0.15) is 44.8 Å². The van der Waals surface area contributed by atoms with E-state index in [0.29, 0.717) is 18.1 Å². The van der Waals surface area contributed by atoms with Gasteiger partial charge in [-0.25, -0.2) is 0 Å². The molecule has 1 aromatic carbocycles. The Bertz CT molecular complexity index is 407. The predicted octanol–water partition coefficient (Wildman–Crippen LogP) is 4.94. The molecule has 0 bridgehead atoms. The van der Waals surface area contributed by atoms with Crippen LogP contribution in [0.3, 0.4) is 0 Å². The van der Waals surface area contributed by atoms with Gasteiger partial charge in [0.05, 0.1) is 0 Å². The fraction of sp³-hybridized carbons (Fsp3) is 0.500. The van der Waals surface area contributed by atoms with Gasteiger partial charge in [-0.2, -0.15) is 0 Å². The SMILES string of the molecule is CCCOC(C(=O)CCC)c1cc(Cl)ccc1Br. The monoisotopic (exact) mass is 332 g/mol. The van der Waals surface area contributed by atoms with Crippen LogP contribution in [-0.4, -0.2) is 12.4 Å². The van der Waals surface area contributed by atoms with Crippen LogP contribution in [0.25, 0.3) is 0 Å². The molecule has 0 heterocycles. The summed E-state index contributed by atoms with van der Waals surface area (Å²) >= 11 is 9.44. The average molecular weight is 334 g/mol. The van der Waals surface area contributed by atoms with Gasteiger partial charge in [-0.15, -0.1) is 0 Å². The second-order valence-corrected chi connectivity index (χ2v) is 5.42. The zero-order chi connectivity index (χ0) is 13.5. The Hall–Kier alpha value is -0.380. The summed E-state index contributed by atoms with van der Waals surface area (Å²) in [6.45, 7) is 4.58. The lowest BCUT2D eigenvalue weighted by atomic mass is 10.0. The molecule has 1 rings (SSSR count). The molecule has 18 heavy (non-hydrogen) atoms. The normalized spacial score (nSPS) is 12.4. The van der Waals surface area contributed by atoms with E-state index >= 15 is 0 Å². The first-order valence-electron chi connectivity index (χ1n) is 6.19. The number of hydrogen-bond acceptors (Lipinski definition) is 2. The first-order valence-corrected chi connectivity index (χ1v) is 7.36. The van der Waals surface area contributed by atoms with Crippen molar-refractivity contribution in [1.82, 2.24) is 0 Å². The highest BCUT2D eigenvalue weighted by Gasteiger charge is 2.22. The average Bonchev–Trinajstić information content (AvgIpc) is 2.34. The molecule has 0 saturated heterocycles. The minimum atomic E-state index is -0.516. The van der Waals surface area contributed by atoms with Crippen molar-refractivity contribution < 1.29 is 9.53 Å². The number of carbonyl (C=O) groups excluding carboxylic acids is 1. The summed E-state index contributed by atoms with van der Waals surface area (Å²) in [5.41, 5.74) is 0.814. The highest BCUT2D eigenvalue weighted by molar-refractivity contribution is 9.10. The van der Waals surface area contributed by atoms with Crippen LogP contribution in [0.2, 0.25) is 5.02 Å². The Morgan fingerprint density at radius 2 is 2.11 bits per heavy atom. The van der Waals surface area contributed by atoms with E-state index in [1.165, 1.54) is 0 Å². The number of halogens is 2. The Morgan fingerprint density at radius 3 is 2.72 bits per heavy atom. The molecule has 0 fully saturated rings. The molecule has 0 aliphatic rings. The van der Waals surface area contributed by atoms with E-state index in [4.69, 9.17) is 16.3 Å². The first kappa shape index (κ1) is 15.7. The highest BCUT2D eigenvalue weighted by Crippen LogP contribution is 2.30. The fourth-order valence-electron chi connectivity index (χ4n) is 1.68. The van der Waals surface area contributed by atoms with Gasteiger partial charge in [0.1, 0.15) is 6.10 Å². The molecule has 0 radical (unpaired) electrons. The molecule has 0 aliphatic heterocycles. The van der Waals surface area contributed by atoms with E-state index in [0.717, 1.165) is 22.9 Å². The van der Waals surface area contributed by atoms with Crippen molar-refractivity contribution in [2.24, 2.45) is 0 Å². The molecule has 1 aromatic rings. The Kier molecular flexibility index (Phi) is 6.90. The number of carbonyl (C=O) groups is 1. The van der Waals surface area contributed by atoms with Gasteiger partial charge in [-0.1, -0.05) is 41.4 Å². The number of ether oxygens (including phenoxy) is 1. The first-order chi connectivity index (χ1) is 8.60. The van der Waals surface area contributed by atoms with Crippen molar-refractivity contribution in [2.45, 2.75) is 39.2 Å². The minimum Gasteiger partial charge on any atom is -0.366 e. The van der Waals surface area contributed by atoms with E-state index in [2.05, 4.69) is 15.9 Å². The quantitative estimate of drug-likeness (QED) is 0.706. The molecule has 1 unspecified atom stereocenters. The van der Waals surface area contributed by atoms with Crippen molar-refractivity contribution in [1.29, 1.82) is 0 Å². The molecule has 1 atom stereocenters. The third-order valence-electron chi connectivity index (χ3n) is 2.52. The second-order valence-electron chi connectivity index (χ2n) is 4.13. The minimum absolute atomic E-state index is 0.105. The van der Waals surface area contributed by atoms with Gasteiger partial charge in [0.25, 0.3) is 0 Å². The number of hydrogen-bond donors (Lipinski definition) is 0. The number of rotatable bonds is 7. The molecule has 0 aromatic heterocycles. The van der Waals surface area contributed by atoms with Crippen molar-refractivity contribution in [3.63, 3.8) is 0 Å². The van der Waals surface area contributed by atoms with Crippen LogP contribution in [0.15, 0.2) is 22.7 Å². The van der Waals surface area contributed by atoms with Crippen molar-refractivity contribution in [3.8, 4) is 0 Å². The fourth-order valence-corrected chi connectivity index (χ4v) is 2.32. The standard InChI is InChI=1S/C14H18BrClO2/c1-3-5-13(17)14(18-8-4-2)11-9-10(16)6-7-12(11)15/h6-7,9,14H,3-5,8H2,1-2H3. The van der Waals surface area contributed by atoms with Crippen LogP contribution < -0.4 is 0 Å². The zero-order valence-corrected chi connectivity index (χ0v) is 13.1. The summed E-state index contributed by atoms with van der Waals surface area (Å²) in [6, 6.07) is 5.43. The van der Waals surface area contributed by atoms with Crippen LogP contribution in [0, 0.1) is 0 Å². The molecule has 100 valence electrons. The van der Waals surface area contributed by atoms with Gasteiger partial charge in [0.2, 0.25) is 0 Å². The van der Waals surface area contributed by atoms with Gasteiger partial charge in [-0.05, 0) is 31.0 Å². The third-order valence-corrected chi connectivity index (χ3v) is 3.48. The van der Waals surface area contributed by atoms with E-state index in [-0.39, 0.29) is 5.78 Å². The summed E-state index contributed by atoms with van der Waals surface area (Å²) in [5, 5.41) is 0.614. The van der Waals surface area contributed by atoms with E-state index < -0.39 is 6.10 Å². The number of benzene rings is 1. The van der Waals surface area contributed by atoms with Crippen LogP contribution in [0.4, 0.5) is 0 Å². The summed E-state index contributed by atoms with van der Waals surface area (Å²) in [7, 11) is 0. The molecule has 0 amide bonds. The molecule has 4 heteroatoms. The highest BCUT2D eigenvalue weighted by atomic mass is 79.9. The summed E-state index contributed by atoms with van der Waals surface area (Å²) in [4.78, 5) is 12.1. The van der Waals surface area contributed by atoms with Gasteiger partial charge in [0.15, 0.2) is 5.78 Å². The molecule has 0 aliphatic carbocycles. The van der Waals surface area contributed by atoms with Crippen LogP contribution >= 0.6 is 27.5 Å². The Balaban J connectivity index is 3.00. The largest absolute Gasteiger partial charge is 0.366 e. The molecule has 2 nitrogen and oxygen atoms in total. The van der Waals surface area contributed by atoms with Gasteiger partial charge in [0, 0.05) is 28.1 Å². The zero-order valence-electron chi connectivity index (χ0n) is 10.7. The lowest BCUT2D eigenvalue weighted by Crippen LogP contribution is -2.17. The second kappa shape index (κ2) is 7.93. The lowest BCUT2D eigenvalue weighted by Gasteiger charge is -2.18. The topological polar surface area (TPSA) is 26.3 Å². The molecule has 0 spiro atoms.